The molecule has 0 radical (unpaired) electrons. The maximum atomic E-state index is 11.6. The van der Waals surface area contributed by atoms with Crippen LogP contribution in [0.5, 0.6) is 0 Å². The van der Waals surface area contributed by atoms with Crippen LogP contribution in [-0.4, -0.2) is 36.2 Å². The van der Waals surface area contributed by atoms with Gasteiger partial charge in [-0.05, 0) is 11.6 Å². The molecule has 0 aliphatic rings. The van der Waals surface area contributed by atoms with Crippen LogP contribution >= 0.6 is 0 Å². The largest absolute Gasteiger partial charge is 0.394 e. The Morgan fingerprint density at radius 3 is 2.83 bits per heavy atom. The topological polar surface area (TPSA) is 102 Å². The molecule has 7 nitrogen and oxygen atoms in total. The van der Waals surface area contributed by atoms with Gasteiger partial charge in [-0.3, -0.25) is 14.9 Å². The highest BCUT2D eigenvalue weighted by Gasteiger charge is 2.15. The van der Waals surface area contributed by atoms with Crippen LogP contribution in [-0.2, 0) is 11.3 Å². The predicted molar refractivity (Wildman–Crippen MR) is 63.2 cm³/mol. The van der Waals surface area contributed by atoms with Crippen LogP contribution in [0.4, 0.5) is 5.69 Å². The lowest BCUT2D eigenvalue weighted by molar-refractivity contribution is -0.385. The van der Waals surface area contributed by atoms with Crippen LogP contribution in [0.25, 0.3) is 0 Å². The first kappa shape index (κ1) is 14.1. The molecular formula is C11H14N2O5. The number of hydrogen-bond donors (Lipinski definition) is 2. The summed E-state index contributed by atoms with van der Waals surface area (Å²) in [6, 6.07) is 3.94. The second-order valence-corrected chi connectivity index (χ2v) is 3.45. The van der Waals surface area contributed by atoms with E-state index in [2.05, 4.69) is 5.32 Å². The van der Waals surface area contributed by atoms with Crippen LogP contribution in [0, 0.1) is 10.1 Å². The minimum absolute atomic E-state index is 0.0327. The first-order chi connectivity index (χ1) is 8.60. The maximum absolute atomic E-state index is 11.6. The summed E-state index contributed by atoms with van der Waals surface area (Å²) < 4.78 is 5.09. The zero-order chi connectivity index (χ0) is 13.5. The van der Waals surface area contributed by atoms with Crippen molar-refractivity contribution in [1.29, 1.82) is 0 Å². The van der Waals surface area contributed by atoms with E-state index in [0.717, 1.165) is 0 Å². The minimum Gasteiger partial charge on any atom is -0.394 e. The van der Waals surface area contributed by atoms with Gasteiger partial charge in [0.1, 0.15) is 0 Å². The molecule has 18 heavy (non-hydrogen) atoms. The fourth-order valence-corrected chi connectivity index (χ4v) is 1.42. The monoisotopic (exact) mass is 254 g/mol. The smallest absolute Gasteiger partial charge is 0.269 e. The molecule has 0 atom stereocenters. The van der Waals surface area contributed by atoms with E-state index in [4.69, 9.17) is 9.84 Å². The number of nitrogens with one attached hydrogen (secondary N) is 1. The molecule has 0 saturated heterocycles. The first-order valence-corrected chi connectivity index (χ1v) is 5.28. The van der Waals surface area contributed by atoms with Gasteiger partial charge in [0.2, 0.25) is 0 Å². The van der Waals surface area contributed by atoms with Gasteiger partial charge in [-0.1, -0.05) is 0 Å². The SMILES string of the molecule is CNC(=O)c1ccc([N+](=O)[O-])cc1COCCO. The number of carbonyl (C=O) groups is 1. The molecule has 2 N–H and O–H groups in total. The van der Waals surface area contributed by atoms with Crippen molar-refractivity contribution in [2.75, 3.05) is 20.3 Å². The Labute approximate surface area is 104 Å². The van der Waals surface area contributed by atoms with Crippen molar-refractivity contribution in [2.45, 2.75) is 6.61 Å². The Morgan fingerprint density at radius 2 is 2.28 bits per heavy atom. The molecule has 0 aliphatic carbocycles. The molecule has 0 saturated carbocycles. The maximum Gasteiger partial charge on any atom is 0.269 e. The van der Waals surface area contributed by atoms with Gasteiger partial charge in [0.15, 0.2) is 0 Å². The van der Waals surface area contributed by atoms with E-state index in [0.29, 0.717) is 11.1 Å². The third kappa shape index (κ3) is 3.51. The highest BCUT2D eigenvalue weighted by molar-refractivity contribution is 5.95. The summed E-state index contributed by atoms with van der Waals surface area (Å²) in [7, 11) is 1.47. The fourth-order valence-electron chi connectivity index (χ4n) is 1.42. The van der Waals surface area contributed by atoms with Crippen molar-refractivity contribution in [1.82, 2.24) is 5.32 Å². The summed E-state index contributed by atoms with van der Waals surface area (Å²) in [5, 5.41) is 21.7. The van der Waals surface area contributed by atoms with E-state index in [-0.39, 0.29) is 31.4 Å². The van der Waals surface area contributed by atoms with Crippen LogP contribution in [0.1, 0.15) is 15.9 Å². The number of benzene rings is 1. The zero-order valence-electron chi connectivity index (χ0n) is 9.88. The van der Waals surface area contributed by atoms with E-state index in [1.165, 1.54) is 25.2 Å². The van der Waals surface area contributed by atoms with E-state index in [1.807, 2.05) is 0 Å². The van der Waals surface area contributed by atoms with Crippen LogP contribution in [0.2, 0.25) is 0 Å². The number of ether oxygens (including phenoxy) is 1. The van der Waals surface area contributed by atoms with E-state index < -0.39 is 4.92 Å². The molecule has 0 unspecified atom stereocenters. The lowest BCUT2D eigenvalue weighted by Gasteiger charge is -2.08. The Kier molecular flexibility index (Phi) is 5.22. The number of amides is 1. The molecular weight excluding hydrogens is 240 g/mol. The van der Waals surface area contributed by atoms with Gasteiger partial charge in [0.05, 0.1) is 24.7 Å². The van der Waals surface area contributed by atoms with Crippen molar-refractivity contribution < 1.29 is 19.6 Å². The average molecular weight is 254 g/mol. The van der Waals surface area contributed by atoms with Gasteiger partial charge in [-0.2, -0.15) is 0 Å². The molecule has 98 valence electrons. The molecule has 1 amide bonds. The third-order valence-electron chi connectivity index (χ3n) is 2.26. The average Bonchev–Trinajstić information content (AvgIpc) is 2.38. The second-order valence-electron chi connectivity index (χ2n) is 3.45. The highest BCUT2D eigenvalue weighted by atomic mass is 16.6. The number of rotatable bonds is 6. The van der Waals surface area contributed by atoms with Crippen molar-refractivity contribution in [2.24, 2.45) is 0 Å². The first-order valence-electron chi connectivity index (χ1n) is 5.28. The number of hydrogen-bond acceptors (Lipinski definition) is 5. The quantitative estimate of drug-likeness (QED) is 0.436. The summed E-state index contributed by atoms with van der Waals surface area (Å²) in [5.41, 5.74) is 0.628. The van der Waals surface area contributed by atoms with Gasteiger partial charge < -0.3 is 15.2 Å². The fraction of sp³-hybridized carbons (Fsp3) is 0.364. The lowest BCUT2D eigenvalue weighted by atomic mass is 10.1. The molecule has 1 aromatic carbocycles. The number of nitrogens with zero attached hydrogens (tertiary/aromatic N) is 1. The number of aliphatic hydroxyl groups excluding tert-OH is 1. The van der Waals surface area contributed by atoms with Gasteiger partial charge in [0, 0.05) is 24.7 Å². The number of nitro benzene ring substituents is 1. The highest BCUT2D eigenvalue weighted by Crippen LogP contribution is 2.18. The third-order valence-corrected chi connectivity index (χ3v) is 2.26. The molecule has 1 rings (SSSR count). The summed E-state index contributed by atoms with van der Waals surface area (Å²) in [6.45, 7) is -0.00883. The number of nitro groups is 1. The number of aliphatic hydroxyl groups is 1. The van der Waals surface area contributed by atoms with Crippen LogP contribution < -0.4 is 5.32 Å². The normalized spacial score (nSPS) is 10.1. The Morgan fingerprint density at radius 1 is 1.56 bits per heavy atom. The Balaban J connectivity index is 3.01. The van der Waals surface area contributed by atoms with Crippen LogP contribution in [0.15, 0.2) is 18.2 Å². The predicted octanol–water partition coefficient (Wildman–Crippen LogP) is 0.463. The Bertz CT molecular complexity index is 447. The van der Waals surface area contributed by atoms with Crippen molar-refractivity contribution in [3.05, 3.63) is 39.4 Å². The van der Waals surface area contributed by atoms with E-state index in [1.54, 1.807) is 0 Å². The standard InChI is InChI=1S/C11H14N2O5/c1-12-11(15)10-3-2-9(13(16)17)6-8(10)7-18-5-4-14/h2-3,6,14H,4-5,7H2,1H3,(H,12,15). The van der Waals surface area contributed by atoms with Crippen molar-refractivity contribution in [3.63, 3.8) is 0 Å². The lowest BCUT2D eigenvalue weighted by Crippen LogP contribution is -2.20. The molecule has 1 aromatic rings. The van der Waals surface area contributed by atoms with E-state index >= 15 is 0 Å². The van der Waals surface area contributed by atoms with Gasteiger partial charge in [0.25, 0.3) is 11.6 Å². The summed E-state index contributed by atoms with van der Waals surface area (Å²) >= 11 is 0. The number of non-ortho nitro benzene ring substituents is 1. The van der Waals surface area contributed by atoms with Gasteiger partial charge in [-0.25, -0.2) is 0 Å². The van der Waals surface area contributed by atoms with Gasteiger partial charge >= 0.3 is 0 Å². The number of carbonyl (C=O) groups excluding carboxylic acids is 1. The molecule has 0 aromatic heterocycles. The summed E-state index contributed by atoms with van der Waals surface area (Å²) in [5.74, 6) is -0.340. The summed E-state index contributed by atoms with van der Waals surface area (Å²) in [6.07, 6.45) is 0. The molecule has 0 aliphatic heterocycles. The molecule has 0 spiro atoms. The second kappa shape index (κ2) is 6.67. The summed E-state index contributed by atoms with van der Waals surface area (Å²) in [4.78, 5) is 21.7. The molecule has 0 heterocycles. The van der Waals surface area contributed by atoms with E-state index in [9.17, 15) is 14.9 Å². The Hall–Kier alpha value is -1.99. The zero-order valence-corrected chi connectivity index (χ0v) is 9.88. The van der Waals surface area contributed by atoms with Crippen LogP contribution in [0.3, 0.4) is 0 Å². The molecule has 0 bridgehead atoms. The van der Waals surface area contributed by atoms with Gasteiger partial charge in [-0.15, -0.1) is 0 Å². The molecule has 7 heteroatoms. The van der Waals surface area contributed by atoms with Crippen molar-refractivity contribution in [3.8, 4) is 0 Å². The van der Waals surface area contributed by atoms with Crippen molar-refractivity contribution >= 4 is 11.6 Å². The minimum atomic E-state index is -0.539. The molecule has 0 fully saturated rings.